The number of ether oxygens (including phenoxy) is 2. The zero-order chi connectivity index (χ0) is 25.0. The molecular formula is C30H39NO4. The van der Waals surface area contributed by atoms with Crippen LogP contribution in [0.2, 0.25) is 0 Å². The summed E-state index contributed by atoms with van der Waals surface area (Å²) in [4.78, 5) is 26.3. The Morgan fingerprint density at radius 2 is 1.49 bits per heavy atom. The molecule has 3 aromatic rings. The number of aromatic nitrogens is 1. The summed E-state index contributed by atoms with van der Waals surface area (Å²) in [5.41, 5.74) is 2.38. The number of rotatable bonds is 15. The van der Waals surface area contributed by atoms with Gasteiger partial charge in [-0.2, -0.15) is 0 Å². The summed E-state index contributed by atoms with van der Waals surface area (Å²) < 4.78 is 13.1. The van der Waals surface area contributed by atoms with E-state index in [1.165, 1.54) is 38.5 Å². The standard InChI is InChI=1S/C30H39NO4/c1-4-6-7-8-9-10-11-16-21-35-27-20-15-12-17-23(27)22-26(32)28-24-18-13-14-19-25(24)31(3)29(28)30(33)34-5-2/h12-15,17-20H,4-11,16,21-22H2,1-3H3. The van der Waals surface area contributed by atoms with Gasteiger partial charge in [0.15, 0.2) is 5.78 Å². The number of ketones is 1. The van der Waals surface area contributed by atoms with Gasteiger partial charge in [0.05, 0.1) is 18.8 Å². The van der Waals surface area contributed by atoms with Gasteiger partial charge in [0, 0.05) is 29.9 Å². The first-order valence-electron chi connectivity index (χ1n) is 13.1. The predicted molar refractivity (Wildman–Crippen MR) is 141 cm³/mol. The van der Waals surface area contributed by atoms with Gasteiger partial charge in [-0.15, -0.1) is 0 Å². The lowest BCUT2D eigenvalue weighted by molar-refractivity contribution is 0.0512. The van der Waals surface area contributed by atoms with E-state index in [0.717, 1.165) is 35.1 Å². The number of hydrogen-bond acceptors (Lipinski definition) is 4. The van der Waals surface area contributed by atoms with Crippen molar-refractivity contribution in [3.63, 3.8) is 0 Å². The molecule has 0 spiro atoms. The Morgan fingerprint density at radius 3 is 2.23 bits per heavy atom. The molecule has 188 valence electrons. The highest BCUT2D eigenvalue weighted by Gasteiger charge is 2.27. The van der Waals surface area contributed by atoms with E-state index in [0.29, 0.717) is 17.9 Å². The van der Waals surface area contributed by atoms with Crippen LogP contribution in [0.1, 0.15) is 91.6 Å². The lowest BCUT2D eigenvalue weighted by atomic mass is 9.99. The first-order chi connectivity index (χ1) is 17.1. The normalized spacial score (nSPS) is 11.1. The second-order valence-electron chi connectivity index (χ2n) is 9.05. The van der Waals surface area contributed by atoms with E-state index in [-0.39, 0.29) is 18.8 Å². The molecule has 0 amide bonds. The molecule has 0 bridgehead atoms. The molecule has 5 heteroatoms. The third-order valence-electron chi connectivity index (χ3n) is 6.43. The molecular weight excluding hydrogens is 438 g/mol. The molecule has 1 aromatic heterocycles. The molecule has 0 aliphatic heterocycles. The molecule has 0 aliphatic carbocycles. The molecule has 0 saturated carbocycles. The Hall–Kier alpha value is -3.08. The number of nitrogens with zero attached hydrogens (tertiary/aromatic N) is 1. The van der Waals surface area contributed by atoms with Crippen LogP contribution in [-0.4, -0.2) is 29.5 Å². The number of para-hydroxylation sites is 2. The summed E-state index contributed by atoms with van der Waals surface area (Å²) in [5, 5.41) is 0.764. The van der Waals surface area contributed by atoms with Gasteiger partial charge in [-0.05, 0) is 25.5 Å². The van der Waals surface area contributed by atoms with Crippen molar-refractivity contribution in [1.29, 1.82) is 0 Å². The Morgan fingerprint density at radius 1 is 0.829 bits per heavy atom. The molecule has 0 radical (unpaired) electrons. The molecule has 0 N–H and O–H groups in total. The molecule has 5 nitrogen and oxygen atoms in total. The summed E-state index contributed by atoms with van der Waals surface area (Å²) in [6, 6.07) is 15.3. The minimum atomic E-state index is -0.478. The summed E-state index contributed by atoms with van der Waals surface area (Å²) in [7, 11) is 1.80. The zero-order valence-electron chi connectivity index (χ0n) is 21.5. The number of Topliss-reactive ketones (excluding diaryl/α,β-unsaturated/α-hetero) is 1. The average Bonchev–Trinajstić information content (AvgIpc) is 3.17. The van der Waals surface area contributed by atoms with Crippen molar-refractivity contribution in [3.05, 3.63) is 65.4 Å². The lowest BCUT2D eigenvalue weighted by Gasteiger charge is -2.12. The maximum Gasteiger partial charge on any atom is 0.355 e. The second kappa shape index (κ2) is 13.7. The number of fused-ring (bicyclic) bond motifs is 1. The van der Waals surface area contributed by atoms with Crippen molar-refractivity contribution in [2.45, 2.75) is 71.6 Å². The van der Waals surface area contributed by atoms with Crippen LogP contribution in [0, 0.1) is 0 Å². The average molecular weight is 478 g/mol. The van der Waals surface area contributed by atoms with Gasteiger partial charge in [-0.3, -0.25) is 4.79 Å². The second-order valence-corrected chi connectivity index (χ2v) is 9.05. The van der Waals surface area contributed by atoms with Crippen molar-refractivity contribution in [2.24, 2.45) is 7.05 Å². The number of benzene rings is 2. The minimum absolute atomic E-state index is 0.118. The molecule has 0 aliphatic rings. The fourth-order valence-corrected chi connectivity index (χ4v) is 4.58. The summed E-state index contributed by atoms with van der Waals surface area (Å²) in [6.45, 7) is 4.90. The Balaban J connectivity index is 1.68. The number of unbranched alkanes of at least 4 members (excludes halogenated alkanes) is 7. The number of esters is 1. The van der Waals surface area contributed by atoms with Gasteiger partial charge >= 0.3 is 5.97 Å². The smallest absolute Gasteiger partial charge is 0.355 e. The van der Waals surface area contributed by atoms with E-state index in [1.807, 2.05) is 48.5 Å². The van der Waals surface area contributed by atoms with E-state index in [9.17, 15) is 9.59 Å². The minimum Gasteiger partial charge on any atom is -0.493 e. The largest absolute Gasteiger partial charge is 0.493 e. The number of carbonyl (C=O) groups excluding carboxylic acids is 2. The van der Waals surface area contributed by atoms with Crippen LogP contribution in [0.15, 0.2) is 48.5 Å². The van der Waals surface area contributed by atoms with Crippen LogP contribution in [0.4, 0.5) is 0 Å². The number of aryl methyl sites for hydroxylation is 1. The first kappa shape index (κ1) is 26.5. The molecule has 0 saturated heterocycles. The van der Waals surface area contributed by atoms with Gasteiger partial charge < -0.3 is 14.0 Å². The molecule has 2 aromatic carbocycles. The van der Waals surface area contributed by atoms with E-state index < -0.39 is 5.97 Å². The molecule has 35 heavy (non-hydrogen) atoms. The maximum absolute atomic E-state index is 13.6. The highest BCUT2D eigenvalue weighted by molar-refractivity contribution is 6.16. The van der Waals surface area contributed by atoms with Crippen LogP contribution >= 0.6 is 0 Å². The third-order valence-corrected chi connectivity index (χ3v) is 6.43. The van der Waals surface area contributed by atoms with Crippen molar-refractivity contribution in [2.75, 3.05) is 13.2 Å². The Kier molecular flexibility index (Phi) is 10.4. The first-order valence-corrected chi connectivity index (χ1v) is 13.1. The Bertz CT molecular complexity index is 1110. The highest BCUT2D eigenvalue weighted by Crippen LogP contribution is 2.29. The summed E-state index contributed by atoms with van der Waals surface area (Å²) in [5.74, 6) is 0.142. The fourth-order valence-electron chi connectivity index (χ4n) is 4.58. The maximum atomic E-state index is 13.6. The highest BCUT2D eigenvalue weighted by atomic mass is 16.5. The topological polar surface area (TPSA) is 57.5 Å². The zero-order valence-corrected chi connectivity index (χ0v) is 21.5. The molecule has 1 heterocycles. The molecule has 0 unspecified atom stereocenters. The van der Waals surface area contributed by atoms with E-state index in [4.69, 9.17) is 9.47 Å². The van der Waals surface area contributed by atoms with Crippen molar-refractivity contribution in [1.82, 2.24) is 4.57 Å². The third kappa shape index (κ3) is 6.97. The number of carbonyl (C=O) groups is 2. The van der Waals surface area contributed by atoms with Crippen molar-refractivity contribution < 1.29 is 19.1 Å². The van der Waals surface area contributed by atoms with Crippen LogP contribution in [0.5, 0.6) is 5.75 Å². The molecule has 0 atom stereocenters. The van der Waals surface area contributed by atoms with Crippen LogP contribution in [0.25, 0.3) is 10.9 Å². The van der Waals surface area contributed by atoms with E-state index in [2.05, 4.69) is 6.92 Å². The fraction of sp³-hybridized carbons (Fsp3) is 0.467. The lowest BCUT2D eigenvalue weighted by Crippen LogP contribution is -2.16. The Labute approximate surface area is 209 Å². The van der Waals surface area contributed by atoms with Crippen LogP contribution in [0.3, 0.4) is 0 Å². The summed E-state index contributed by atoms with van der Waals surface area (Å²) >= 11 is 0. The van der Waals surface area contributed by atoms with Crippen molar-refractivity contribution in [3.8, 4) is 5.75 Å². The van der Waals surface area contributed by atoms with E-state index >= 15 is 0 Å². The van der Waals surface area contributed by atoms with Gasteiger partial charge in [0.25, 0.3) is 0 Å². The van der Waals surface area contributed by atoms with Crippen LogP contribution < -0.4 is 4.74 Å². The van der Waals surface area contributed by atoms with Gasteiger partial charge in [-0.25, -0.2) is 4.79 Å². The summed E-state index contributed by atoms with van der Waals surface area (Å²) in [6.07, 6.45) is 10.1. The van der Waals surface area contributed by atoms with Crippen LogP contribution in [-0.2, 0) is 18.2 Å². The van der Waals surface area contributed by atoms with Crippen molar-refractivity contribution >= 4 is 22.7 Å². The quantitative estimate of drug-likeness (QED) is 0.131. The molecule has 3 rings (SSSR count). The van der Waals surface area contributed by atoms with Gasteiger partial charge in [0.2, 0.25) is 0 Å². The van der Waals surface area contributed by atoms with E-state index in [1.54, 1.807) is 18.5 Å². The molecule has 0 fully saturated rings. The SMILES string of the molecule is CCCCCCCCCCOc1ccccc1CC(=O)c1c(C(=O)OCC)n(C)c2ccccc12. The monoisotopic (exact) mass is 477 g/mol. The predicted octanol–water partition coefficient (Wildman–Crippen LogP) is 7.30. The van der Waals surface area contributed by atoms with Gasteiger partial charge in [0.1, 0.15) is 11.4 Å². The number of hydrogen-bond donors (Lipinski definition) is 0. The van der Waals surface area contributed by atoms with Gasteiger partial charge in [-0.1, -0.05) is 88.3 Å².